The molecular weight excluding hydrogens is 490 g/mol. The van der Waals surface area contributed by atoms with E-state index in [4.69, 9.17) is 27.9 Å². The molecule has 0 saturated heterocycles. The van der Waals surface area contributed by atoms with Gasteiger partial charge in [-0.05, 0) is 54.2 Å². The molecular formula is C25H26Cl2F3NO3. The summed E-state index contributed by atoms with van der Waals surface area (Å²) in [5.41, 5.74) is 0.593. The molecule has 4 nitrogen and oxygen atoms in total. The summed E-state index contributed by atoms with van der Waals surface area (Å²) in [5, 5.41) is 3.12. The summed E-state index contributed by atoms with van der Waals surface area (Å²) < 4.78 is 44.7. The van der Waals surface area contributed by atoms with Crippen LogP contribution in [0.5, 0.6) is 0 Å². The molecule has 1 saturated carbocycles. The zero-order valence-corrected chi connectivity index (χ0v) is 20.4. The molecule has 1 amide bonds. The van der Waals surface area contributed by atoms with Crippen LogP contribution in [0.3, 0.4) is 0 Å². The summed E-state index contributed by atoms with van der Waals surface area (Å²) in [6.07, 6.45) is -2.80. The first-order valence-electron chi connectivity index (χ1n) is 10.9. The second-order valence-electron chi connectivity index (χ2n) is 8.91. The van der Waals surface area contributed by atoms with Crippen LogP contribution in [0.15, 0.2) is 42.5 Å². The van der Waals surface area contributed by atoms with Crippen molar-refractivity contribution in [2.45, 2.75) is 56.5 Å². The number of nitrogens with one attached hydrogen (secondary N) is 1. The first kappa shape index (κ1) is 26.4. The van der Waals surface area contributed by atoms with E-state index in [0.29, 0.717) is 5.02 Å². The van der Waals surface area contributed by atoms with E-state index >= 15 is 0 Å². The standard InChI is InChI=1S/C25H26Cl2F3NO3/c1-24(14-22(32)34-2,16-4-3-5-16)17-8-11-20(27)21(12-17)31-23(33)19(13-25(28,29)30)15-6-9-18(26)10-7-15/h6-12,16,19H,3-5,13-14H2,1-2H3,(H,31,33)/t19-,24?/m0/s1. The third-order valence-corrected chi connectivity index (χ3v) is 7.24. The number of amides is 1. The Morgan fingerprint density at radius 2 is 1.76 bits per heavy atom. The lowest BCUT2D eigenvalue weighted by molar-refractivity contribution is -0.146. The molecule has 1 aliphatic rings. The van der Waals surface area contributed by atoms with Gasteiger partial charge in [0.1, 0.15) is 0 Å². The second kappa shape index (κ2) is 10.6. The van der Waals surface area contributed by atoms with E-state index in [1.165, 1.54) is 31.4 Å². The highest BCUT2D eigenvalue weighted by atomic mass is 35.5. The van der Waals surface area contributed by atoms with Gasteiger partial charge in [0.15, 0.2) is 0 Å². The fourth-order valence-corrected chi connectivity index (χ4v) is 4.67. The van der Waals surface area contributed by atoms with Gasteiger partial charge in [-0.2, -0.15) is 13.2 Å². The molecule has 0 radical (unpaired) electrons. The minimum atomic E-state index is -4.56. The van der Waals surface area contributed by atoms with E-state index in [2.05, 4.69) is 5.32 Å². The van der Waals surface area contributed by atoms with E-state index in [1.54, 1.807) is 18.2 Å². The molecule has 0 heterocycles. The summed E-state index contributed by atoms with van der Waals surface area (Å²) >= 11 is 12.2. The Bertz CT molecular complexity index is 1040. The summed E-state index contributed by atoms with van der Waals surface area (Å²) in [4.78, 5) is 25.2. The topological polar surface area (TPSA) is 55.4 Å². The van der Waals surface area contributed by atoms with Crippen LogP contribution < -0.4 is 5.32 Å². The van der Waals surface area contributed by atoms with Crippen molar-refractivity contribution >= 4 is 40.8 Å². The molecule has 0 bridgehead atoms. The number of benzene rings is 2. The largest absolute Gasteiger partial charge is 0.469 e. The monoisotopic (exact) mass is 515 g/mol. The van der Waals surface area contributed by atoms with Crippen molar-refractivity contribution in [3.63, 3.8) is 0 Å². The number of carbonyl (C=O) groups is 2. The number of rotatable bonds is 8. The van der Waals surface area contributed by atoms with Gasteiger partial charge in [-0.25, -0.2) is 0 Å². The molecule has 3 rings (SSSR count). The number of methoxy groups -OCH3 is 1. The van der Waals surface area contributed by atoms with Crippen molar-refractivity contribution < 1.29 is 27.5 Å². The molecule has 184 valence electrons. The van der Waals surface area contributed by atoms with Crippen molar-refractivity contribution in [1.82, 2.24) is 0 Å². The Morgan fingerprint density at radius 3 is 2.29 bits per heavy atom. The lowest BCUT2D eigenvalue weighted by Crippen LogP contribution is -2.39. The molecule has 2 aromatic rings. The highest BCUT2D eigenvalue weighted by Crippen LogP contribution is 2.47. The molecule has 0 aliphatic heterocycles. The Morgan fingerprint density at radius 1 is 1.12 bits per heavy atom. The average Bonchev–Trinajstić information content (AvgIpc) is 2.72. The first-order valence-corrected chi connectivity index (χ1v) is 11.7. The zero-order chi connectivity index (χ0) is 25.1. The van der Waals surface area contributed by atoms with E-state index in [0.717, 1.165) is 24.8 Å². The summed E-state index contributed by atoms with van der Waals surface area (Å²) in [6.45, 7) is 1.96. The zero-order valence-electron chi connectivity index (χ0n) is 18.8. The van der Waals surface area contributed by atoms with Gasteiger partial charge >= 0.3 is 12.1 Å². The molecule has 2 aromatic carbocycles. The minimum absolute atomic E-state index is 0.144. The molecule has 34 heavy (non-hydrogen) atoms. The molecule has 0 aromatic heterocycles. The van der Waals surface area contributed by atoms with Crippen LogP contribution in [-0.2, 0) is 19.7 Å². The Balaban J connectivity index is 1.92. The molecule has 9 heteroatoms. The quantitative estimate of drug-likeness (QED) is 0.375. The van der Waals surface area contributed by atoms with Crippen molar-refractivity contribution in [3.05, 3.63) is 63.6 Å². The highest BCUT2D eigenvalue weighted by Gasteiger charge is 2.42. The fourth-order valence-electron chi connectivity index (χ4n) is 4.38. The number of esters is 1. The number of carbonyl (C=O) groups excluding carboxylic acids is 2. The number of hydrogen-bond acceptors (Lipinski definition) is 3. The number of ether oxygens (including phenoxy) is 1. The molecule has 1 unspecified atom stereocenters. The number of halogens is 5. The third kappa shape index (κ3) is 6.25. The third-order valence-electron chi connectivity index (χ3n) is 6.65. The van der Waals surface area contributed by atoms with Crippen LogP contribution in [0.1, 0.15) is 56.1 Å². The number of alkyl halides is 3. The Kier molecular flexibility index (Phi) is 8.19. The van der Waals surface area contributed by atoms with Crippen molar-refractivity contribution in [3.8, 4) is 0 Å². The summed E-state index contributed by atoms with van der Waals surface area (Å²) in [6, 6.07) is 10.7. The van der Waals surface area contributed by atoms with E-state index in [9.17, 15) is 22.8 Å². The van der Waals surface area contributed by atoms with Crippen LogP contribution in [0.25, 0.3) is 0 Å². The van der Waals surface area contributed by atoms with Gasteiger partial charge in [0.2, 0.25) is 5.91 Å². The smallest absolute Gasteiger partial charge is 0.390 e. The summed E-state index contributed by atoms with van der Waals surface area (Å²) in [5.74, 6) is -2.44. The lowest BCUT2D eigenvalue weighted by Gasteiger charge is -2.43. The minimum Gasteiger partial charge on any atom is -0.469 e. The van der Waals surface area contributed by atoms with E-state index < -0.39 is 29.8 Å². The normalized spacial score (nSPS) is 16.8. The van der Waals surface area contributed by atoms with Crippen LogP contribution in [0, 0.1) is 5.92 Å². The van der Waals surface area contributed by atoms with Crippen molar-refractivity contribution in [1.29, 1.82) is 0 Å². The van der Waals surface area contributed by atoms with Gasteiger partial charge in [-0.1, -0.05) is 54.7 Å². The predicted octanol–water partition coefficient (Wildman–Crippen LogP) is 7.29. The molecule has 1 aliphatic carbocycles. The molecule has 1 N–H and O–H groups in total. The van der Waals surface area contributed by atoms with Gasteiger partial charge in [-0.3, -0.25) is 9.59 Å². The van der Waals surface area contributed by atoms with Crippen LogP contribution in [-0.4, -0.2) is 25.2 Å². The van der Waals surface area contributed by atoms with Crippen molar-refractivity contribution in [2.24, 2.45) is 5.92 Å². The Hall–Kier alpha value is -2.25. The van der Waals surface area contributed by atoms with E-state index in [1.807, 2.05) is 6.92 Å². The Labute approximate surface area is 206 Å². The SMILES string of the molecule is COC(=O)CC(C)(c1ccc(Cl)c(NC(=O)[C@@H](CC(F)(F)F)c2ccc(Cl)cc2)c1)C1CCC1. The van der Waals surface area contributed by atoms with Crippen LogP contribution in [0.4, 0.5) is 18.9 Å². The molecule has 0 spiro atoms. The van der Waals surface area contributed by atoms with E-state index in [-0.39, 0.29) is 34.6 Å². The lowest BCUT2D eigenvalue weighted by atomic mass is 9.61. The van der Waals surface area contributed by atoms with Gasteiger partial charge < -0.3 is 10.1 Å². The fraction of sp³-hybridized carbons (Fsp3) is 0.440. The van der Waals surface area contributed by atoms with Gasteiger partial charge in [-0.15, -0.1) is 0 Å². The number of hydrogen-bond donors (Lipinski definition) is 1. The van der Waals surface area contributed by atoms with Crippen LogP contribution in [0.2, 0.25) is 10.0 Å². The summed E-state index contributed by atoms with van der Waals surface area (Å²) in [7, 11) is 1.33. The maximum atomic E-state index is 13.3. The second-order valence-corrected chi connectivity index (χ2v) is 9.75. The van der Waals surface area contributed by atoms with Crippen molar-refractivity contribution in [2.75, 3.05) is 12.4 Å². The highest BCUT2D eigenvalue weighted by molar-refractivity contribution is 6.33. The van der Waals surface area contributed by atoms with Crippen LogP contribution >= 0.6 is 23.2 Å². The number of anilines is 1. The maximum absolute atomic E-state index is 13.3. The molecule has 1 fully saturated rings. The first-order chi connectivity index (χ1) is 15.9. The predicted molar refractivity (Wildman–Crippen MR) is 126 cm³/mol. The van der Waals surface area contributed by atoms with Gasteiger partial charge in [0.25, 0.3) is 0 Å². The molecule has 2 atom stereocenters. The average molecular weight is 516 g/mol. The van der Waals surface area contributed by atoms with Gasteiger partial charge in [0.05, 0.1) is 36.6 Å². The maximum Gasteiger partial charge on any atom is 0.390 e. The van der Waals surface area contributed by atoms with Gasteiger partial charge in [0, 0.05) is 10.4 Å².